The average molecular weight is 380 g/mol. The van der Waals surface area contributed by atoms with Crippen LogP contribution in [0.15, 0.2) is 12.1 Å². The van der Waals surface area contributed by atoms with E-state index in [0.29, 0.717) is 24.7 Å². The molecule has 148 valence electrons. The number of rotatable bonds is 2. The van der Waals surface area contributed by atoms with E-state index in [2.05, 4.69) is 23.3 Å². The molecule has 7 heteroatoms. The Kier molecular flexibility index (Phi) is 4.91. The van der Waals surface area contributed by atoms with Crippen molar-refractivity contribution in [3.63, 3.8) is 0 Å². The maximum atomic E-state index is 12.9. The molecule has 3 heterocycles. The largest absolute Gasteiger partial charge is 0.391 e. The topological polar surface area (TPSA) is 42.2 Å². The Morgan fingerprint density at radius 3 is 2.52 bits per heavy atom. The average Bonchev–Trinajstić information content (AvgIpc) is 3.05. The predicted molar refractivity (Wildman–Crippen MR) is 97.9 cm³/mol. The molecule has 0 bridgehead atoms. The van der Waals surface area contributed by atoms with Gasteiger partial charge in [0.05, 0.1) is 17.3 Å². The second-order valence-electron chi connectivity index (χ2n) is 8.33. The monoisotopic (exact) mass is 380 g/mol. The molecule has 4 rings (SSSR count). The van der Waals surface area contributed by atoms with Crippen LogP contribution in [-0.4, -0.2) is 33.9 Å². The zero-order chi connectivity index (χ0) is 19.2. The van der Waals surface area contributed by atoms with Crippen LogP contribution in [0, 0.1) is 18.8 Å². The van der Waals surface area contributed by atoms with E-state index < -0.39 is 12.1 Å². The van der Waals surface area contributed by atoms with E-state index in [1.54, 1.807) is 0 Å². The summed E-state index contributed by atoms with van der Waals surface area (Å²) in [6, 6.07) is 4.09. The summed E-state index contributed by atoms with van der Waals surface area (Å²) >= 11 is 0. The lowest BCUT2D eigenvalue weighted by molar-refractivity contribution is -0.182. The minimum Gasteiger partial charge on any atom is -0.316 e. The van der Waals surface area contributed by atoms with Gasteiger partial charge in [0.1, 0.15) is 0 Å². The van der Waals surface area contributed by atoms with Crippen LogP contribution in [0.5, 0.6) is 0 Å². The Bertz CT molecular complexity index is 805. The van der Waals surface area contributed by atoms with Crippen LogP contribution in [0.1, 0.15) is 67.9 Å². The molecule has 0 aromatic carbocycles. The zero-order valence-electron chi connectivity index (χ0n) is 15.9. The fourth-order valence-electron chi connectivity index (χ4n) is 4.71. The van der Waals surface area contributed by atoms with Gasteiger partial charge in [0.2, 0.25) is 0 Å². The Hall–Kier alpha value is -1.63. The molecule has 0 spiro atoms. The van der Waals surface area contributed by atoms with Gasteiger partial charge in [-0.05, 0) is 57.6 Å². The molecule has 4 nitrogen and oxygen atoms in total. The summed E-state index contributed by atoms with van der Waals surface area (Å²) in [5.74, 6) is -0.126. The van der Waals surface area contributed by atoms with Gasteiger partial charge in [0, 0.05) is 30.1 Å². The van der Waals surface area contributed by atoms with Crippen LogP contribution in [0.4, 0.5) is 13.2 Å². The van der Waals surface area contributed by atoms with Gasteiger partial charge in [-0.25, -0.2) is 9.50 Å². The SMILES string of the molecule is Cc1cc([C@@H]2CNCC[C@H]2C)n2nc([C@H]3CC[C@H](C(F)(F)F)CC3)cc2n1. The van der Waals surface area contributed by atoms with Crippen molar-refractivity contribution in [2.45, 2.75) is 64.0 Å². The number of nitrogens with zero attached hydrogens (tertiary/aromatic N) is 3. The van der Waals surface area contributed by atoms with Crippen molar-refractivity contribution in [3.8, 4) is 0 Å². The molecular weight excluding hydrogens is 353 g/mol. The van der Waals surface area contributed by atoms with Gasteiger partial charge >= 0.3 is 6.18 Å². The number of piperidine rings is 1. The molecule has 1 saturated heterocycles. The summed E-state index contributed by atoms with van der Waals surface area (Å²) in [5.41, 5.74) is 3.83. The highest BCUT2D eigenvalue weighted by Crippen LogP contribution is 2.42. The molecule has 1 saturated carbocycles. The normalized spacial score (nSPS) is 30.0. The molecule has 1 aliphatic carbocycles. The van der Waals surface area contributed by atoms with E-state index in [0.717, 1.165) is 42.2 Å². The van der Waals surface area contributed by atoms with Crippen molar-refractivity contribution in [2.24, 2.45) is 11.8 Å². The maximum Gasteiger partial charge on any atom is 0.391 e. The van der Waals surface area contributed by atoms with E-state index >= 15 is 0 Å². The lowest BCUT2D eigenvalue weighted by Crippen LogP contribution is -2.35. The molecule has 2 aromatic rings. The Labute approximate surface area is 157 Å². The van der Waals surface area contributed by atoms with Crippen molar-refractivity contribution in [2.75, 3.05) is 13.1 Å². The molecular formula is C20H27F3N4. The van der Waals surface area contributed by atoms with Gasteiger partial charge in [-0.1, -0.05) is 6.92 Å². The van der Waals surface area contributed by atoms with Crippen molar-refractivity contribution < 1.29 is 13.2 Å². The summed E-state index contributed by atoms with van der Waals surface area (Å²) < 4.78 is 40.8. The first-order valence-electron chi connectivity index (χ1n) is 9.97. The predicted octanol–water partition coefficient (Wildman–Crippen LogP) is 4.59. The van der Waals surface area contributed by atoms with Gasteiger partial charge in [-0.2, -0.15) is 18.3 Å². The molecule has 2 fully saturated rings. The van der Waals surface area contributed by atoms with Crippen LogP contribution in [0.3, 0.4) is 0 Å². The third kappa shape index (κ3) is 3.71. The number of hydrogen-bond donors (Lipinski definition) is 1. The summed E-state index contributed by atoms with van der Waals surface area (Å²) in [6.07, 6.45) is -1.45. The van der Waals surface area contributed by atoms with Crippen molar-refractivity contribution in [1.29, 1.82) is 0 Å². The first kappa shape index (κ1) is 18.7. The lowest BCUT2D eigenvalue weighted by Gasteiger charge is -2.30. The van der Waals surface area contributed by atoms with E-state index in [4.69, 9.17) is 5.10 Å². The van der Waals surface area contributed by atoms with Gasteiger partial charge in [0.25, 0.3) is 0 Å². The molecule has 2 aromatic heterocycles. The standard InChI is InChI=1S/C20H27F3N4/c1-12-7-8-24-11-16(12)18-9-13(2)25-19-10-17(26-27(18)19)14-3-5-15(6-4-14)20(21,22)23/h9-10,12,14-16,24H,3-8,11H2,1-2H3/t12-,14-,15-,16-/m1/s1. The second-order valence-corrected chi connectivity index (χ2v) is 8.33. The molecule has 0 unspecified atom stereocenters. The van der Waals surface area contributed by atoms with Crippen LogP contribution in [0.2, 0.25) is 0 Å². The summed E-state index contributed by atoms with van der Waals surface area (Å²) in [6.45, 7) is 6.23. The first-order chi connectivity index (χ1) is 12.8. The third-order valence-corrected chi connectivity index (χ3v) is 6.42. The molecule has 2 aliphatic rings. The highest BCUT2D eigenvalue weighted by Gasteiger charge is 2.42. The number of hydrogen-bond acceptors (Lipinski definition) is 3. The van der Waals surface area contributed by atoms with Crippen LogP contribution >= 0.6 is 0 Å². The Balaban J connectivity index is 1.62. The lowest BCUT2D eigenvalue weighted by atomic mass is 9.80. The number of aryl methyl sites for hydroxylation is 1. The highest BCUT2D eigenvalue weighted by atomic mass is 19.4. The van der Waals surface area contributed by atoms with Crippen LogP contribution in [-0.2, 0) is 0 Å². The van der Waals surface area contributed by atoms with Crippen molar-refractivity contribution in [3.05, 3.63) is 29.2 Å². The Morgan fingerprint density at radius 1 is 1.11 bits per heavy atom. The molecule has 1 aliphatic heterocycles. The molecule has 1 N–H and O–H groups in total. The number of alkyl halides is 3. The quantitative estimate of drug-likeness (QED) is 0.829. The molecule has 2 atom stereocenters. The fourth-order valence-corrected chi connectivity index (χ4v) is 4.71. The van der Waals surface area contributed by atoms with E-state index in [-0.39, 0.29) is 18.8 Å². The highest BCUT2D eigenvalue weighted by molar-refractivity contribution is 5.43. The number of fused-ring (bicyclic) bond motifs is 1. The van der Waals surface area contributed by atoms with Crippen molar-refractivity contribution >= 4 is 5.65 Å². The third-order valence-electron chi connectivity index (χ3n) is 6.42. The summed E-state index contributed by atoms with van der Waals surface area (Å²) in [7, 11) is 0. The van der Waals surface area contributed by atoms with Gasteiger partial charge in [-0.15, -0.1) is 0 Å². The molecule has 27 heavy (non-hydrogen) atoms. The second kappa shape index (κ2) is 7.08. The summed E-state index contributed by atoms with van der Waals surface area (Å²) in [5, 5.41) is 8.29. The fraction of sp³-hybridized carbons (Fsp3) is 0.700. The molecule has 0 radical (unpaired) electrons. The smallest absolute Gasteiger partial charge is 0.316 e. The van der Waals surface area contributed by atoms with E-state index in [1.807, 2.05) is 17.5 Å². The minimum atomic E-state index is -4.07. The van der Waals surface area contributed by atoms with Gasteiger partial charge < -0.3 is 5.32 Å². The van der Waals surface area contributed by atoms with Crippen LogP contribution in [0.25, 0.3) is 5.65 Å². The van der Waals surface area contributed by atoms with Crippen LogP contribution < -0.4 is 5.32 Å². The van der Waals surface area contributed by atoms with E-state index in [1.165, 1.54) is 0 Å². The first-order valence-corrected chi connectivity index (χ1v) is 9.97. The molecule has 0 amide bonds. The maximum absolute atomic E-state index is 12.9. The number of aromatic nitrogens is 3. The van der Waals surface area contributed by atoms with Gasteiger partial charge in [0.15, 0.2) is 5.65 Å². The number of halogens is 3. The van der Waals surface area contributed by atoms with Crippen molar-refractivity contribution in [1.82, 2.24) is 19.9 Å². The summed E-state index contributed by atoms with van der Waals surface area (Å²) in [4.78, 5) is 4.63. The zero-order valence-corrected chi connectivity index (χ0v) is 15.9. The van der Waals surface area contributed by atoms with Gasteiger partial charge in [-0.3, -0.25) is 0 Å². The Morgan fingerprint density at radius 2 is 1.85 bits per heavy atom. The number of nitrogens with one attached hydrogen (secondary N) is 1. The minimum absolute atomic E-state index is 0.0976. The van der Waals surface area contributed by atoms with E-state index in [9.17, 15) is 13.2 Å².